The maximum absolute atomic E-state index is 13.2. The molecule has 4 rings (SSSR count). The molecule has 1 aliphatic rings. The summed E-state index contributed by atoms with van der Waals surface area (Å²) >= 11 is 1.27. The van der Waals surface area contributed by atoms with Crippen molar-refractivity contribution in [3.63, 3.8) is 0 Å². The minimum Gasteiger partial charge on any atom is -0.465 e. The maximum Gasteiger partial charge on any atom is 0.338 e. The summed E-state index contributed by atoms with van der Waals surface area (Å²) in [6, 6.07) is 12.4. The number of hydrogen-bond acceptors (Lipinski definition) is 6. The van der Waals surface area contributed by atoms with Gasteiger partial charge in [0, 0.05) is 6.08 Å². The Bertz CT molecular complexity index is 1220. The summed E-state index contributed by atoms with van der Waals surface area (Å²) in [5.74, 6) is 0.126. The van der Waals surface area contributed by atoms with Crippen LogP contribution in [0, 0.1) is 0 Å². The molecule has 0 spiro atoms. The van der Waals surface area contributed by atoms with Gasteiger partial charge in [0.2, 0.25) is 0 Å². The molecule has 1 aliphatic heterocycles. The van der Waals surface area contributed by atoms with Gasteiger partial charge in [-0.15, -0.1) is 0 Å². The van der Waals surface area contributed by atoms with E-state index < -0.39 is 12.0 Å². The van der Waals surface area contributed by atoms with E-state index in [2.05, 4.69) is 4.99 Å². The van der Waals surface area contributed by atoms with Gasteiger partial charge in [0.1, 0.15) is 5.76 Å². The predicted octanol–water partition coefficient (Wildman–Crippen LogP) is 2.39. The second kappa shape index (κ2) is 7.44. The number of rotatable bonds is 4. The molecular formula is C21H18N2O4S. The maximum atomic E-state index is 13.2. The fourth-order valence-corrected chi connectivity index (χ4v) is 4.27. The van der Waals surface area contributed by atoms with Gasteiger partial charge in [-0.3, -0.25) is 9.36 Å². The van der Waals surface area contributed by atoms with Crippen molar-refractivity contribution in [1.29, 1.82) is 0 Å². The quantitative estimate of drug-likeness (QED) is 0.637. The second-order valence-electron chi connectivity index (χ2n) is 6.23. The van der Waals surface area contributed by atoms with Gasteiger partial charge >= 0.3 is 5.97 Å². The monoisotopic (exact) mass is 394 g/mol. The van der Waals surface area contributed by atoms with E-state index in [0.717, 1.165) is 5.56 Å². The zero-order chi connectivity index (χ0) is 19.7. The van der Waals surface area contributed by atoms with E-state index in [1.807, 2.05) is 30.3 Å². The van der Waals surface area contributed by atoms with Crippen LogP contribution in [0.25, 0.3) is 6.08 Å². The first kappa shape index (κ1) is 18.2. The third-order valence-electron chi connectivity index (χ3n) is 4.45. The Morgan fingerprint density at radius 1 is 1.29 bits per heavy atom. The first-order chi connectivity index (χ1) is 13.6. The van der Waals surface area contributed by atoms with E-state index in [0.29, 0.717) is 26.4 Å². The smallest absolute Gasteiger partial charge is 0.338 e. The zero-order valence-corrected chi connectivity index (χ0v) is 16.2. The van der Waals surface area contributed by atoms with E-state index in [9.17, 15) is 9.59 Å². The molecule has 0 N–H and O–H groups in total. The molecule has 3 heterocycles. The molecule has 0 saturated carbocycles. The molecule has 0 radical (unpaired) electrons. The van der Waals surface area contributed by atoms with Gasteiger partial charge in [-0.25, -0.2) is 9.79 Å². The van der Waals surface area contributed by atoms with Gasteiger partial charge in [-0.1, -0.05) is 41.7 Å². The van der Waals surface area contributed by atoms with Crippen LogP contribution in [0.15, 0.2) is 74.2 Å². The fourth-order valence-electron chi connectivity index (χ4n) is 3.24. The molecule has 6 nitrogen and oxygen atoms in total. The summed E-state index contributed by atoms with van der Waals surface area (Å²) in [5.41, 5.74) is 1.54. The fraction of sp³-hybridized carbons (Fsp3) is 0.190. The van der Waals surface area contributed by atoms with Crippen molar-refractivity contribution >= 4 is 23.4 Å². The largest absolute Gasteiger partial charge is 0.465 e. The number of esters is 1. The van der Waals surface area contributed by atoms with Gasteiger partial charge in [-0.2, -0.15) is 0 Å². The van der Waals surface area contributed by atoms with E-state index >= 15 is 0 Å². The number of ether oxygens (including phenoxy) is 1. The second-order valence-corrected chi connectivity index (χ2v) is 7.24. The SMILES string of the molecule is CCOC(=O)C1=C(C)N=c2sc(=Cc3ccco3)c(=O)n2[C@@H]1c1ccccc1. The molecule has 0 saturated heterocycles. The van der Waals surface area contributed by atoms with E-state index in [4.69, 9.17) is 9.15 Å². The minimum absolute atomic E-state index is 0.219. The van der Waals surface area contributed by atoms with Crippen molar-refractivity contribution in [3.8, 4) is 0 Å². The highest BCUT2D eigenvalue weighted by molar-refractivity contribution is 7.07. The molecule has 3 aromatic rings. The number of benzene rings is 1. The van der Waals surface area contributed by atoms with Crippen molar-refractivity contribution in [1.82, 2.24) is 4.57 Å². The van der Waals surface area contributed by atoms with Gasteiger partial charge in [0.05, 0.1) is 34.7 Å². The number of thiazole rings is 1. The summed E-state index contributed by atoms with van der Waals surface area (Å²) in [4.78, 5) is 31.0. The molecule has 2 aromatic heterocycles. The van der Waals surface area contributed by atoms with Gasteiger partial charge in [-0.05, 0) is 31.5 Å². The Hall–Kier alpha value is -3.19. The van der Waals surface area contributed by atoms with E-state index in [-0.39, 0.29) is 12.2 Å². The number of carbonyl (C=O) groups excluding carboxylic acids is 1. The zero-order valence-electron chi connectivity index (χ0n) is 15.4. The molecule has 1 atom stereocenters. The summed E-state index contributed by atoms with van der Waals surface area (Å²) in [6.45, 7) is 3.77. The first-order valence-corrected chi connectivity index (χ1v) is 9.70. The van der Waals surface area contributed by atoms with Crippen LogP contribution < -0.4 is 14.9 Å². The highest BCUT2D eigenvalue weighted by Gasteiger charge is 2.33. The number of allylic oxidation sites excluding steroid dienone is 1. The van der Waals surface area contributed by atoms with Crippen LogP contribution in [0.1, 0.15) is 31.2 Å². The van der Waals surface area contributed by atoms with Gasteiger partial charge < -0.3 is 9.15 Å². The van der Waals surface area contributed by atoms with Crippen molar-refractivity contribution in [2.24, 2.45) is 4.99 Å². The lowest BCUT2D eigenvalue weighted by molar-refractivity contribution is -0.139. The average Bonchev–Trinajstić information content (AvgIpc) is 3.30. The predicted molar refractivity (Wildman–Crippen MR) is 106 cm³/mol. The number of fused-ring (bicyclic) bond motifs is 1. The molecular weight excluding hydrogens is 376 g/mol. The standard InChI is InChI=1S/C21H18N2O4S/c1-3-26-20(25)17-13(2)22-21-23(18(17)14-8-5-4-6-9-14)19(24)16(28-21)12-15-10-7-11-27-15/h4-12,18H,3H2,1-2H3/t18-/m1/s1. The van der Waals surface area contributed by atoms with E-state index in [1.165, 1.54) is 11.3 Å². The number of furan rings is 1. The average molecular weight is 394 g/mol. The molecule has 0 unspecified atom stereocenters. The molecule has 0 aliphatic carbocycles. The Kier molecular flexibility index (Phi) is 4.83. The minimum atomic E-state index is -0.588. The Labute approximate surface area is 164 Å². The van der Waals surface area contributed by atoms with Crippen molar-refractivity contribution < 1.29 is 13.9 Å². The Balaban J connectivity index is 1.97. The molecule has 0 bridgehead atoms. The molecule has 7 heteroatoms. The molecule has 28 heavy (non-hydrogen) atoms. The summed E-state index contributed by atoms with van der Waals surface area (Å²) in [7, 11) is 0. The van der Waals surface area contributed by atoms with Crippen LogP contribution in [0.4, 0.5) is 0 Å². The normalized spacial score (nSPS) is 16.6. The summed E-state index contributed by atoms with van der Waals surface area (Å²) in [6.07, 6.45) is 3.24. The third-order valence-corrected chi connectivity index (χ3v) is 5.43. The molecule has 142 valence electrons. The van der Waals surface area contributed by atoms with Crippen LogP contribution >= 0.6 is 11.3 Å². The van der Waals surface area contributed by atoms with Gasteiger partial charge in [0.25, 0.3) is 5.56 Å². The highest BCUT2D eigenvalue weighted by Crippen LogP contribution is 2.30. The van der Waals surface area contributed by atoms with Crippen molar-refractivity contribution in [2.75, 3.05) is 6.61 Å². The summed E-state index contributed by atoms with van der Waals surface area (Å²) < 4.78 is 12.7. The van der Waals surface area contributed by atoms with Crippen LogP contribution in [-0.4, -0.2) is 17.1 Å². The number of hydrogen-bond donors (Lipinski definition) is 0. The topological polar surface area (TPSA) is 73.8 Å². The lowest BCUT2D eigenvalue weighted by Gasteiger charge is -2.24. The first-order valence-electron chi connectivity index (χ1n) is 8.88. The van der Waals surface area contributed by atoms with E-state index in [1.54, 1.807) is 42.9 Å². The number of carbonyl (C=O) groups is 1. The lowest BCUT2D eigenvalue weighted by atomic mass is 9.96. The lowest BCUT2D eigenvalue weighted by Crippen LogP contribution is -2.39. The number of nitrogens with zero attached hydrogens (tertiary/aromatic N) is 2. The third kappa shape index (κ3) is 3.14. The number of aromatic nitrogens is 1. The van der Waals surface area contributed by atoms with Crippen molar-refractivity contribution in [2.45, 2.75) is 19.9 Å². The van der Waals surface area contributed by atoms with Gasteiger partial charge in [0.15, 0.2) is 4.80 Å². The van der Waals surface area contributed by atoms with Crippen molar-refractivity contribution in [3.05, 3.63) is 91.0 Å². The molecule has 1 aromatic carbocycles. The molecule has 0 amide bonds. The van der Waals surface area contributed by atoms with Crippen LogP contribution in [0.3, 0.4) is 0 Å². The summed E-state index contributed by atoms with van der Waals surface area (Å²) in [5, 5.41) is 0. The Morgan fingerprint density at radius 3 is 2.75 bits per heavy atom. The van der Waals surface area contributed by atoms with Crippen LogP contribution in [0.2, 0.25) is 0 Å². The highest BCUT2D eigenvalue weighted by atomic mass is 32.1. The Morgan fingerprint density at radius 2 is 2.07 bits per heavy atom. The van der Waals surface area contributed by atoms with Crippen LogP contribution in [-0.2, 0) is 9.53 Å². The molecule has 0 fully saturated rings. The van der Waals surface area contributed by atoms with Crippen LogP contribution in [0.5, 0.6) is 0 Å².